The third-order valence-corrected chi connectivity index (χ3v) is 23.9. The van der Waals surface area contributed by atoms with Crippen molar-refractivity contribution in [2.75, 3.05) is 0 Å². The largest absolute Gasteiger partial charge is 0.370 e. The lowest BCUT2D eigenvalue weighted by atomic mass is 9.69. The monoisotopic (exact) mass is 568 g/mol. The summed E-state index contributed by atoms with van der Waals surface area (Å²) in [6.07, 6.45) is 25.6. The maximum atomic E-state index is 6.78. The van der Waals surface area contributed by atoms with Crippen molar-refractivity contribution in [3.63, 3.8) is 0 Å². The summed E-state index contributed by atoms with van der Waals surface area (Å²) in [4.78, 5) is 0. The summed E-state index contributed by atoms with van der Waals surface area (Å²) in [6.45, 7) is 17.0. The topological polar surface area (TPSA) is 37.6 Å². The number of ether oxygens (including phenoxy) is 3. The molecule has 4 aliphatic carbocycles. The summed E-state index contributed by atoms with van der Waals surface area (Å²) in [5.41, 5.74) is 1.21. The first-order chi connectivity index (χ1) is 18.9. The predicted octanol–water partition coefficient (Wildman–Crippen LogP) is 9.59. The van der Waals surface area contributed by atoms with Crippen molar-refractivity contribution >= 4 is 8.07 Å². The van der Waals surface area contributed by atoms with Crippen molar-refractivity contribution < 1.29 is 14.2 Å². The van der Waals surface area contributed by atoms with Crippen LogP contribution in [0, 0.1) is 23.7 Å². The van der Waals surface area contributed by atoms with Gasteiger partial charge in [-0.3, -0.25) is 0 Å². The van der Waals surface area contributed by atoms with E-state index in [2.05, 4.69) is 41.5 Å². The zero-order valence-electron chi connectivity index (χ0n) is 26.8. The van der Waals surface area contributed by atoms with E-state index in [0.29, 0.717) is 45.6 Å². The van der Waals surface area contributed by atoms with Crippen LogP contribution in [0.2, 0.25) is 20.7 Å². The molecule has 11 atom stereocenters. The van der Waals surface area contributed by atoms with Crippen molar-refractivity contribution in [3.8, 4) is 0 Å². The zero-order valence-corrected chi connectivity index (χ0v) is 27.8. The molecule has 4 saturated carbocycles. The standard InChI is InChI=1S/C36H60O3Si/c1-33(2,19-23-10-13-28-30(16-23)37-28)40(34(3,4)20-24-11-14-29-31(17-24)38-29)27-9-7-8-26(18-27)36-22-25(21-35(40,5)6)12-15-32(36)39-36/h23-32H,7-22H2,1-6H3. The van der Waals surface area contributed by atoms with Crippen LogP contribution in [0.4, 0.5) is 0 Å². The van der Waals surface area contributed by atoms with Crippen LogP contribution >= 0.6 is 0 Å². The lowest BCUT2D eigenvalue weighted by Crippen LogP contribution is -2.65. The summed E-state index contributed by atoms with van der Waals surface area (Å²) in [6, 6.07) is 0. The second-order valence-corrected chi connectivity index (χ2v) is 25.1. The quantitative estimate of drug-likeness (QED) is 0.236. The third-order valence-electron chi connectivity index (χ3n) is 15.1. The van der Waals surface area contributed by atoms with Crippen molar-refractivity contribution in [2.24, 2.45) is 23.7 Å². The minimum absolute atomic E-state index is 0.278. The van der Waals surface area contributed by atoms with Crippen molar-refractivity contribution in [1.82, 2.24) is 0 Å². The molecule has 0 aromatic carbocycles. The Kier molecular flexibility index (Phi) is 6.27. The van der Waals surface area contributed by atoms with Gasteiger partial charge in [-0.2, -0.15) is 0 Å². The molecule has 8 rings (SSSR count). The molecule has 226 valence electrons. The van der Waals surface area contributed by atoms with Crippen LogP contribution < -0.4 is 0 Å². The number of rotatable bonds is 6. The highest BCUT2D eigenvalue weighted by atomic mass is 28.3. The molecular weight excluding hydrogens is 508 g/mol. The van der Waals surface area contributed by atoms with Gasteiger partial charge in [-0.05, 0) is 134 Å². The van der Waals surface area contributed by atoms with E-state index in [1.807, 2.05) is 0 Å². The van der Waals surface area contributed by atoms with Gasteiger partial charge in [-0.1, -0.05) is 54.4 Å². The molecular formula is C36H60O3Si. The Bertz CT molecular complexity index is 962. The van der Waals surface area contributed by atoms with Crippen molar-refractivity contribution in [2.45, 2.75) is 201 Å². The van der Waals surface area contributed by atoms with Gasteiger partial charge in [0.1, 0.15) is 0 Å². The minimum Gasteiger partial charge on any atom is -0.370 e. The molecule has 8 aliphatic rings. The Morgan fingerprint density at radius 1 is 0.675 bits per heavy atom. The highest BCUT2D eigenvalue weighted by Gasteiger charge is 2.72. The number of hydrogen-bond donors (Lipinski definition) is 0. The molecule has 40 heavy (non-hydrogen) atoms. The van der Waals surface area contributed by atoms with E-state index in [4.69, 9.17) is 14.2 Å². The van der Waals surface area contributed by atoms with Gasteiger partial charge in [-0.15, -0.1) is 0 Å². The van der Waals surface area contributed by atoms with Gasteiger partial charge >= 0.3 is 0 Å². The van der Waals surface area contributed by atoms with E-state index >= 15 is 0 Å². The molecule has 8 fully saturated rings. The fourth-order valence-corrected chi connectivity index (χ4v) is 26.7. The lowest BCUT2D eigenvalue weighted by Gasteiger charge is -2.68. The first-order valence-corrected chi connectivity index (χ1v) is 20.0. The van der Waals surface area contributed by atoms with Gasteiger partial charge in [0.05, 0.1) is 44.2 Å². The molecule has 0 radical (unpaired) electrons. The molecule has 11 unspecified atom stereocenters. The Morgan fingerprint density at radius 2 is 1.30 bits per heavy atom. The highest BCUT2D eigenvalue weighted by molar-refractivity contribution is 6.89. The second kappa shape index (κ2) is 9.07. The van der Waals surface area contributed by atoms with E-state index < -0.39 is 8.07 Å². The molecule has 1 spiro atoms. The Hall–Kier alpha value is 0.0969. The molecule has 3 nitrogen and oxygen atoms in total. The van der Waals surface area contributed by atoms with Crippen molar-refractivity contribution in [3.05, 3.63) is 0 Å². The fourth-order valence-electron chi connectivity index (χ4n) is 14.8. The Labute approximate surface area is 246 Å². The molecule has 4 heteroatoms. The number of fused-ring (bicyclic) bond motifs is 5. The highest BCUT2D eigenvalue weighted by Crippen LogP contribution is 2.76. The van der Waals surface area contributed by atoms with E-state index in [1.165, 1.54) is 103 Å². The minimum atomic E-state index is -2.00. The molecule has 0 amide bonds. The average molecular weight is 569 g/mol. The summed E-state index contributed by atoms with van der Waals surface area (Å²) in [7, 11) is -2.00. The van der Waals surface area contributed by atoms with Gasteiger partial charge in [0.25, 0.3) is 0 Å². The average Bonchev–Trinajstić information content (AvgIpc) is 3.76. The zero-order chi connectivity index (χ0) is 27.7. The predicted molar refractivity (Wildman–Crippen MR) is 164 cm³/mol. The molecule has 0 aromatic rings. The number of hydrogen-bond acceptors (Lipinski definition) is 3. The van der Waals surface area contributed by atoms with Gasteiger partial charge in [0, 0.05) is 0 Å². The summed E-state index contributed by atoms with van der Waals surface area (Å²) in [5, 5.41) is 1.28. The first kappa shape index (κ1) is 27.6. The molecule has 4 bridgehead atoms. The molecule has 4 heterocycles. The number of epoxide rings is 3. The maximum Gasteiger partial charge on any atom is 0.0978 e. The summed E-state index contributed by atoms with van der Waals surface area (Å²) < 4.78 is 19.0. The summed E-state index contributed by atoms with van der Waals surface area (Å²) >= 11 is 0. The van der Waals surface area contributed by atoms with Gasteiger partial charge < -0.3 is 14.2 Å². The van der Waals surface area contributed by atoms with E-state index in [9.17, 15) is 0 Å². The lowest BCUT2D eigenvalue weighted by molar-refractivity contribution is 0.141. The SMILES string of the molecule is CC(C)(CC1CCC2OC2C1)[Si]1(C(C)(C)CC2CCC3OC3C2)C2CCCC(C2)C23CC(CCC2O3)CC1(C)C. The van der Waals surface area contributed by atoms with Gasteiger partial charge in [-0.25, -0.2) is 0 Å². The van der Waals surface area contributed by atoms with E-state index in [0.717, 1.165) is 29.2 Å². The van der Waals surface area contributed by atoms with Gasteiger partial charge in [0.15, 0.2) is 0 Å². The second-order valence-electron chi connectivity index (χ2n) is 18.6. The van der Waals surface area contributed by atoms with Crippen LogP contribution in [-0.2, 0) is 14.2 Å². The van der Waals surface area contributed by atoms with Crippen LogP contribution in [0.3, 0.4) is 0 Å². The smallest absolute Gasteiger partial charge is 0.0978 e. The fraction of sp³-hybridized carbons (Fsp3) is 1.00. The van der Waals surface area contributed by atoms with Crippen LogP contribution in [0.1, 0.15) is 144 Å². The molecule has 4 saturated heterocycles. The maximum absolute atomic E-state index is 6.78. The van der Waals surface area contributed by atoms with E-state index in [1.54, 1.807) is 0 Å². The van der Waals surface area contributed by atoms with Crippen LogP contribution in [0.15, 0.2) is 0 Å². The van der Waals surface area contributed by atoms with E-state index in [-0.39, 0.29) is 5.60 Å². The molecule has 0 N–H and O–H groups in total. The Morgan fingerprint density at radius 3 is 1.90 bits per heavy atom. The third kappa shape index (κ3) is 4.10. The van der Waals surface area contributed by atoms with Crippen LogP contribution in [0.5, 0.6) is 0 Å². The Balaban J connectivity index is 1.22. The normalized spacial score (nSPS) is 52.6. The van der Waals surface area contributed by atoms with Crippen LogP contribution in [-0.4, -0.2) is 44.2 Å². The van der Waals surface area contributed by atoms with Gasteiger partial charge in [0.2, 0.25) is 0 Å². The van der Waals surface area contributed by atoms with Crippen molar-refractivity contribution in [1.29, 1.82) is 0 Å². The summed E-state index contributed by atoms with van der Waals surface area (Å²) in [5.74, 6) is 3.44. The first-order valence-electron chi connectivity index (χ1n) is 17.9. The molecule has 4 aliphatic heterocycles. The van der Waals surface area contributed by atoms with Crippen LogP contribution in [0.25, 0.3) is 0 Å². The molecule has 0 aromatic heterocycles.